The van der Waals surface area contributed by atoms with Gasteiger partial charge >= 0.3 is 5.97 Å². The molecule has 0 saturated carbocycles. The zero-order valence-electron chi connectivity index (χ0n) is 24.0. The molecule has 238 valence electrons. The Kier molecular flexibility index (Phi) is 15.0. The van der Waals surface area contributed by atoms with Crippen LogP contribution in [-0.2, 0) is 42.8 Å². The molecule has 4 amide bonds. The van der Waals surface area contributed by atoms with E-state index < -0.39 is 35.6 Å². The summed E-state index contributed by atoms with van der Waals surface area (Å²) in [5.41, 5.74) is 1.08. The molecule has 3 N–H and O–H groups in total. The number of nitrogens with zero attached hydrogens (tertiary/aromatic N) is 1. The Balaban J connectivity index is 1.13. The molecule has 1 unspecified atom stereocenters. The lowest BCUT2D eigenvalue weighted by molar-refractivity contribution is -0.138. The smallest absolute Gasteiger partial charge is 0.305 e. The summed E-state index contributed by atoms with van der Waals surface area (Å²) < 4.78 is 32.2. The zero-order chi connectivity index (χ0) is 30.9. The molecule has 0 aliphatic carbocycles. The Morgan fingerprint density at radius 3 is 1.81 bits per heavy atom. The quantitative estimate of drug-likeness (QED) is 0.112. The number of aliphatic carboxylic acids is 1. The first-order chi connectivity index (χ1) is 20.9. The van der Waals surface area contributed by atoms with Crippen molar-refractivity contribution >= 4 is 35.3 Å². The van der Waals surface area contributed by atoms with E-state index in [4.69, 9.17) is 33.5 Å². The number of hydrogen-bond donors (Lipinski definition) is 3. The number of carboxylic acid groups (broad SMARTS) is 1. The van der Waals surface area contributed by atoms with Crippen LogP contribution in [0, 0.1) is 0 Å². The third-order valence-electron chi connectivity index (χ3n) is 6.34. The van der Waals surface area contributed by atoms with Crippen molar-refractivity contribution in [2.75, 3.05) is 91.1 Å². The van der Waals surface area contributed by atoms with Gasteiger partial charge in [-0.05, 0) is 24.6 Å². The Bertz CT molecular complexity index is 1100. The minimum atomic E-state index is -0.994. The second-order valence-corrected chi connectivity index (χ2v) is 9.45. The molecule has 2 aliphatic heterocycles. The van der Waals surface area contributed by atoms with E-state index in [9.17, 15) is 24.0 Å². The van der Waals surface area contributed by atoms with Gasteiger partial charge in [-0.25, -0.2) is 0 Å². The first kappa shape index (κ1) is 34.0. The van der Waals surface area contributed by atoms with Crippen LogP contribution >= 0.6 is 0 Å². The van der Waals surface area contributed by atoms with Gasteiger partial charge in [0.2, 0.25) is 11.8 Å². The Morgan fingerprint density at radius 1 is 0.767 bits per heavy atom. The van der Waals surface area contributed by atoms with Crippen molar-refractivity contribution in [3.63, 3.8) is 0 Å². The molecule has 0 spiro atoms. The molecule has 43 heavy (non-hydrogen) atoms. The molecule has 15 heteroatoms. The molecule has 1 saturated heterocycles. The predicted octanol–water partition coefficient (Wildman–Crippen LogP) is 0.0740. The van der Waals surface area contributed by atoms with Crippen molar-refractivity contribution in [2.24, 2.45) is 0 Å². The number of imide groups is 2. The third-order valence-corrected chi connectivity index (χ3v) is 6.34. The summed E-state index contributed by atoms with van der Waals surface area (Å²) >= 11 is 0. The standard InChI is InChI=1S/C28H39N3O12/c32-24-4-3-23(26(35)30-24)31-27(36)21-2-1-20(19-22(21)28(31)37)29-6-8-39-10-12-41-14-16-43-18-17-42-15-13-40-11-9-38-7-5-25(33)34/h1-2,19,23,29H,3-18H2,(H,33,34)(H,30,32,35). The van der Waals surface area contributed by atoms with E-state index in [1.807, 2.05) is 0 Å². The summed E-state index contributed by atoms with van der Waals surface area (Å²) in [7, 11) is 0. The van der Waals surface area contributed by atoms with E-state index in [-0.39, 0.29) is 37.0 Å². The van der Waals surface area contributed by atoms with E-state index in [1.54, 1.807) is 18.2 Å². The number of amides is 4. The van der Waals surface area contributed by atoms with Crippen LogP contribution in [0.15, 0.2) is 18.2 Å². The second-order valence-electron chi connectivity index (χ2n) is 9.45. The van der Waals surface area contributed by atoms with Crippen LogP contribution in [0.1, 0.15) is 40.0 Å². The van der Waals surface area contributed by atoms with Crippen molar-refractivity contribution in [1.82, 2.24) is 10.2 Å². The lowest BCUT2D eigenvalue weighted by atomic mass is 10.0. The highest BCUT2D eigenvalue weighted by Crippen LogP contribution is 2.29. The Morgan fingerprint density at radius 2 is 1.28 bits per heavy atom. The van der Waals surface area contributed by atoms with Crippen molar-refractivity contribution in [3.05, 3.63) is 29.3 Å². The van der Waals surface area contributed by atoms with Gasteiger partial charge in [0.1, 0.15) is 6.04 Å². The number of nitrogens with one attached hydrogen (secondary N) is 2. The summed E-state index contributed by atoms with van der Waals surface area (Å²) in [6.07, 6.45) is 0.162. The van der Waals surface area contributed by atoms with Crippen molar-refractivity contribution in [1.29, 1.82) is 0 Å². The molecular weight excluding hydrogens is 570 g/mol. The average molecular weight is 610 g/mol. The lowest BCUT2D eigenvalue weighted by Gasteiger charge is -2.27. The van der Waals surface area contributed by atoms with Crippen LogP contribution in [0.25, 0.3) is 0 Å². The van der Waals surface area contributed by atoms with E-state index in [0.717, 1.165) is 4.90 Å². The first-order valence-electron chi connectivity index (χ1n) is 14.2. The van der Waals surface area contributed by atoms with Gasteiger partial charge in [-0.2, -0.15) is 0 Å². The van der Waals surface area contributed by atoms with Crippen LogP contribution in [0.4, 0.5) is 5.69 Å². The number of rotatable bonds is 23. The van der Waals surface area contributed by atoms with Gasteiger partial charge in [-0.1, -0.05) is 0 Å². The highest BCUT2D eigenvalue weighted by molar-refractivity contribution is 6.23. The van der Waals surface area contributed by atoms with E-state index in [1.165, 1.54) is 0 Å². The summed E-state index contributed by atoms with van der Waals surface area (Å²) in [5, 5.41) is 13.8. The molecule has 0 bridgehead atoms. The molecule has 1 aromatic rings. The second kappa shape index (κ2) is 18.9. The maximum Gasteiger partial charge on any atom is 0.305 e. The topological polar surface area (TPSA) is 188 Å². The molecular formula is C28H39N3O12. The number of hydrogen-bond acceptors (Lipinski definition) is 12. The largest absolute Gasteiger partial charge is 0.481 e. The van der Waals surface area contributed by atoms with Gasteiger partial charge in [-0.3, -0.25) is 34.2 Å². The van der Waals surface area contributed by atoms with Gasteiger partial charge in [0.25, 0.3) is 11.8 Å². The fourth-order valence-corrected chi connectivity index (χ4v) is 4.21. The number of fused-ring (bicyclic) bond motifs is 1. The fraction of sp³-hybridized carbons (Fsp3) is 0.607. The van der Waals surface area contributed by atoms with E-state index >= 15 is 0 Å². The normalized spacial score (nSPS) is 16.5. The van der Waals surface area contributed by atoms with Gasteiger partial charge in [-0.15, -0.1) is 0 Å². The zero-order valence-corrected chi connectivity index (χ0v) is 24.0. The van der Waals surface area contributed by atoms with Gasteiger partial charge in [0.05, 0.1) is 96.8 Å². The molecule has 0 radical (unpaired) electrons. The SMILES string of the molecule is O=C(O)CCOCCOCCOCCOCCOCCOCCNc1ccc2c(c1)C(=O)N(C1CCC(=O)NC1=O)C2=O. The van der Waals surface area contributed by atoms with Gasteiger partial charge in [0, 0.05) is 18.7 Å². The molecule has 0 aromatic heterocycles. The highest BCUT2D eigenvalue weighted by atomic mass is 16.6. The molecule has 2 aliphatic rings. The van der Waals surface area contributed by atoms with Crippen molar-refractivity contribution in [3.8, 4) is 0 Å². The van der Waals surface area contributed by atoms with Crippen LogP contribution in [0.2, 0.25) is 0 Å². The van der Waals surface area contributed by atoms with Crippen molar-refractivity contribution in [2.45, 2.75) is 25.3 Å². The lowest BCUT2D eigenvalue weighted by Crippen LogP contribution is -2.54. The molecule has 1 atom stereocenters. The molecule has 2 heterocycles. The monoisotopic (exact) mass is 609 g/mol. The summed E-state index contributed by atoms with van der Waals surface area (Å²) in [5.74, 6) is -3.04. The fourth-order valence-electron chi connectivity index (χ4n) is 4.21. The van der Waals surface area contributed by atoms with Crippen molar-refractivity contribution < 1.29 is 57.5 Å². The first-order valence-corrected chi connectivity index (χ1v) is 14.2. The molecule has 1 fully saturated rings. The van der Waals surface area contributed by atoms with Crippen LogP contribution < -0.4 is 10.6 Å². The van der Waals surface area contributed by atoms with Crippen LogP contribution in [-0.4, -0.2) is 131 Å². The maximum absolute atomic E-state index is 12.9. The summed E-state index contributed by atoms with van der Waals surface area (Å²) in [6.45, 7) is 5.11. The highest BCUT2D eigenvalue weighted by Gasteiger charge is 2.44. The minimum Gasteiger partial charge on any atom is -0.481 e. The number of piperidine rings is 1. The number of carbonyl (C=O) groups excluding carboxylic acids is 4. The van der Waals surface area contributed by atoms with E-state index in [2.05, 4.69) is 10.6 Å². The Hall–Kier alpha value is -3.47. The predicted molar refractivity (Wildman–Crippen MR) is 149 cm³/mol. The number of benzene rings is 1. The summed E-state index contributed by atoms with van der Waals surface area (Å²) in [4.78, 5) is 60.5. The average Bonchev–Trinajstić information content (AvgIpc) is 3.22. The molecule has 3 rings (SSSR count). The van der Waals surface area contributed by atoms with Crippen LogP contribution in [0.3, 0.4) is 0 Å². The van der Waals surface area contributed by atoms with Gasteiger partial charge < -0.3 is 38.8 Å². The van der Waals surface area contributed by atoms with E-state index in [0.29, 0.717) is 84.9 Å². The summed E-state index contributed by atoms with van der Waals surface area (Å²) in [6, 6.07) is 3.82. The molecule has 15 nitrogen and oxygen atoms in total. The maximum atomic E-state index is 12.9. The number of carbonyl (C=O) groups is 5. The van der Waals surface area contributed by atoms with Crippen LogP contribution in [0.5, 0.6) is 0 Å². The number of carboxylic acids is 1. The third kappa shape index (κ3) is 11.6. The number of ether oxygens (including phenoxy) is 6. The minimum absolute atomic E-state index is 0.0207. The Labute approximate surface area is 249 Å². The number of anilines is 1. The molecule has 1 aromatic carbocycles. The van der Waals surface area contributed by atoms with Gasteiger partial charge in [0.15, 0.2) is 0 Å².